The average molecular weight is 253 g/mol. The van der Waals surface area contributed by atoms with E-state index in [1.165, 1.54) is 0 Å². The SMILES string of the molecule is CCOC(=O)CN(C)c1ncccc1C(N)=S. The molecule has 1 heterocycles. The van der Waals surface area contributed by atoms with Gasteiger partial charge in [0.25, 0.3) is 0 Å². The first kappa shape index (κ1) is 13.4. The lowest BCUT2D eigenvalue weighted by atomic mass is 10.2. The normalized spacial score (nSPS) is 9.76. The van der Waals surface area contributed by atoms with Crippen molar-refractivity contribution in [2.75, 3.05) is 25.1 Å². The van der Waals surface area contributed by atoms with Gasteiger partial charge in [0.05, 0.1) is 12.2 Å². The van der Waals surface area contributed by atoms with Gasteiger partial charge in [0.2, 0.25) is 0 Å². The van der Waals surface area contributed by atoms with Crippen LogP contribution in [0.5, 0.6) is 0 Å². The van der Waals surface area contributed by atoms with Crippen LogP contribution in [0.4, 0.5) is 5.82 Å². The number of rotatable bonds is 5. The lowest BCUT2D eigenvalue weighted by molar-refractivity contribution is -0.141. The molecule has 0 aromatic carbocycles. The maximum atomic E-state index is 11.4. The summed E-state index contributed by atoms with van der Waals surface area (Å²) in [5.41, 5.74) is 6.24. The molecule has 6 heteroatoms. The summed E-state index contributed by atoms with van der Waals surface area (Å²) >= 11 is 4.93. The number of aromatic nitrogens is 1. The highest BCUT2D eigenvalue weighted by molar-refractivity contribution is 7.80. The van der Waals surface area contributed by atoms with Gasteiger partial charge in [-0.05, 0) is 19.1 Å². The molecular weight excluding hydrogens is 238 g/mol. The van der Waals surface area contributed by atoms with E-state index >= 15 is 0 Å². The quantitative estimate of drug-likeness (QED) is 0.616. The summed E-state index contributed by atoms with van der Waals surface area (Å²) in [6.07, 6.45) is 1.62. The van der Waals surface area contributed by atoms with Crippen molar-refractivity contribution in [3.63, 3.8) is 0 Å². The second-order valence-corrected chi connectivity index (χ2v) is 3.84. The van der Waals surface area contributed by atoms with Crippen LogP contribution in [0.15, 0.2) is 18.3 Å². The van der Waals surface area contributed by atoms with Crippen LogP contribution < -0.4 is 10.6 Å². The third-order valence-electron chi connectivity index (χ3n) is 2.09. The Kier molecular flexibility index (Phi) is 4.84. The summed E-state index contributed by atoms with van der Waals surface area (Å²) in [5, 5.41) is 0. The van der Waals surface area contributed by atoms with E-state index in [1.807, 2.05) is 0 Å². The van der Waals surface area contributed by atoms with Crippen molar-refractivity contribution in [3.8, 4) is 0 Å². The standard InChI is InChI=1S/C11H15N3O2S/c1-3-16-9(15)7-14(2)11-8(10(12)17)5-4-6-13-11/h4-6H,3,7H2,1-2H3,(H2,12,17). The summed E-state index contributed by atoms with van der Waals surface area (Å²) < 4.78 is 4.86. The summed E-state index contributed by atoms with van der Waals surface area (Å²) in [6, 6.07) is 3.52. The molecule has 0 unspecified atom stereocenters. The van der Waals surface area contributed by atoms with Gasteiger partial charge in [-0.15, -0.1) is 0 Å². The molecule has 0 aliphatic rings. The summed E-state index contributed by atoms with van der Waals surface area (Å²) in [5.74, 6) is 0.266. The minimum Gasteiger partial charge on any atom is -0.465 e. The number of carbonyl (C=O) groups is 1. The van der Waals surface area contributed by atoms with E-state index in [-0.39, 0.29) is 17.5 Å². The Bertz CT molecular complexity index is 423. The van der Waals surface area contributed by atoms with Crippen LogP contribution in [0.2, 0.25) is 0 Å². The third kappa shape index (κ3) is 3.67. The van der Waals surface area contributed by atoms with Gasteiger partial charge in [-0.3, -0.25) is 4.79 Å². The van der Waals surface area contributed by atoms with Crippen LogP contribution >= 0.6 is 12.2 Å². The van der Waals surface area contributed by atoms with E-state index in [4.69, 9.17) is 22.7 Å². The van der Waals surface area contributed by atoms with Crippen molar-refractivity contribution >= 4 is 29.0 Å². The van der Waals surface area contributed by atoms with Gasteiger partial charge in [0.15, 0.2) is 0 Å². The zero-order valence-corrected chi connectivity index (χ0v) is 10.7. The number of likely N-dealkylation sites (N-methyl/N-ethyl adjacent to an activating group) is 1. The minimum atomic E-state index is -0.311. The molecule has 0 aliphatic carbocycles. The van der Waals surface area contributed by atoms with Crippen LogP contribution in [0.3, 0.4) is 0 Å². The van der Waals surface area contributed by atoms with Gasteiger partial charge in [-0.2, -0.15) is 0 Å². The van der Waals surface area contributed by atoms with Crippen molar-refractivity contribution in [1.82, 2.24) is 4.98 Å². The molecule has 1 aromatic heterocycles. The van der Waals surface area contributed by atoms with Crippen LogP contribution in [-0.2, 0) is 9.53 Å². The molecule has 2 N–H and O–H groups in total. The molecule has 0 saturated carbocycles. The predicted molar refractivity (Wildman–Crippen MR) is 70.0 cm³/mol. The Morgan fingerprint density at radius 2 is 2.35 bits per heavy atom. The number of ether oxygens (including phenoxy) is 1. The Morgan fingerprint density at radius 3 is 2.94 bits per heavy atom. The first-order valence-corrected chi connectivity index (χ1v) is 5.58. The number of anilines is 1. The molecule has 92 valence electrons. The van der Waals surface area contributed by atoms with Gasteiger partial charge in [-0.1, -0.05) is 12.2 Å². The maximum absolute atomic E-state index is 11.4. The number of nitrogens with two attached hydrogens (primary N) is 1. The molecule has 0 spiro atoms. The van der Waals surface area contributed by atoms with Gasteiger partial charge >= 0.3 is 5.97 Å². The fraction of sp³-hybridized carbons (Fsp3) is 0.364. The second kappa shape index (κ2) is 6.15. The van der Waals surface area contributed by atoms with E-state index < -0.39 is 0 Å². The van der Waals surface area contributed by atoms with Gasteiger partial charge in [-0.25, -0.2) is 4.98 Å². The molecule has 0 fully saturated rings. The molecule has 0 radical (unpaired) electrons. The summed E-state index contributed by atoms with van der Waals surface area (Å²) in [4.78, 5) is 17.4. The molecule has 5 nitrogen and oxygen atoms in total. The van der Waals surface area contributed by atoms with Gasteiger partial charge in [0, 0.05) is 13.2 Å². The smallest absolute Gasteiger partial charge is 0.325 e. The number of hydrogen-bond donors (Lipinski definition) is 1. The van der Waals surface area contributed by atoms with E-state index in [1.54, 1.807) is 37.2 Å². The Labute approximate surface area is 106 Å². The second-order valence-electron chi connectivity index (χ2n) is 3.40. The highest BCUT2D eigenvalue weighted by Gasteiger charge is 2.13. The van der Waals surface area contributed by atoms with Crippen molar-refractivity contribution < 1.29 is 9.53 Å². The first-order valence-electron chi connectivity index (χ1n) is 5.17. The summed E-state index contributed by atoms with van der Waals surface area (Å²) in [7, 11) is 1.74. The Balaban J connectivity index is 2.85. The van der Waals surface area contributed by atoms with Crippen molar-refractivity contribution in [1.29, 1.82) is 0 Å². The fourth-order valence-corrected chi connectivity index (χ4v) is 1.53. The van der Waals surface area contributed by atoms with Crippen LogP contribution in [-0.4, -0.2) is 36.1 Å². The predicted octanol–water partition coefficient (Wildman–Crippen LogP) is 0.715. The van der Waals surface area contributed by atoms with E-state index in [2.05, 4.69) is 4.98 Å². The van der Waals surface area contributed by atoms with Crippen LogP contribution in [0, 0.1) is 0 Å². The van der Waals surface area contributed by atoms with Gasteiger partial charge in [0.1, 0.15) is 17.4 Å². The number of esters is 1. The lowest BCUT2D eigenvalue weighted by Crippen LogP contribution is -2.30. The van der Waals surface area contributed by atoms with Crippen molar-refractivity contribution in [2.24, 2.45) is 5.73 Å². The Hall–Kier alpha value is -1.69. The fourth-order valence-electron chi connectivity index (χ4n) is 1.37. The highest BCUT2D eigenvalue weighted by atomic mass is 32.1. The molecule has 17 heavy (non-hydrogen) atoms. The van der Waals surface area contributed by atoms with E-state index in [9.17, 15) is 4.79 Å². The maximum Gasteiger partial charge on any atom is 0.325 e. The topological polar surface area (TPSA) is 68.5 Å². The number of hydrogen-bond acceptors (Lipinski definition) is 5. The number of thiocarbonyl (C=S) groups is 1. The molecule has 1 rings (SSSR count). The van der Waals surface area contributed by atoms with Crippen molar-refractivity contribution in [3.05, 3.63) is 23.9 Å². The molecule has 0 amide bonds. The molecule has 0 bridgehead atoms. The third-order valence-corrected chi connectivity index (χ3v) is 2.31. The molecule has 0 saturated heterocycles. The number of pyridine rings is 1. The zero-order chi connectivity index (χ0) is 12.8. The van der Waals surface area contributed by atoms with Crippen LogP contribution in [0.25, 0.3) is 0 Å². The molecule has 1 aromatic rings. The molecular formula is C11H15N3O2S. The van der Waals surface area contributed by atoms with Crippen molar-refractivity contribution in [2.45, 2.75) is 6.92 Å². The molecule has 0 aliphatic heterocycles. The monoisotopic (exact) mass is 253 g/mol. The first-order chi connectivity index (χ1) is 8.06. The van der Waals surface area contributed by atoms with Gasteiger partial charge < -0.3 is 15.4 Å². The largest absolute Gasteiger partial charge is 0.465 e. The molecule has 0 atom stereocenters. The highest BCUT2D eigenvalue weighted by Crippen LogP contribution is 2.15. The average Bonchev–Trinajstić information content (AvgIpc) is 2.29. The lowest BCUT2D eigenvalue weighted by Gasteiger charge is -2.19. The number of nitrogens with zero attached hydrogens (tertiary/aromatic N) is 2. The Morgan fingerprint density at radius 1 is 1.65 bits per heavy atom. The minimum absolute atomic E-state index is 0.112. The number of carbonyl (C=O) groups excluding carboxylic acids is 1. The van der Waals surface area contributed by atoms with E-state index in [0.29, 0.717) is 18.0 Å². The zero-order valence-electron chi connectivity index (χ0n) is 9.84. The van der Waals surface area contributed by atoms with E-state index in [0.717, 1.165) is 0 Å². The summed E-state index contributed by atoms with van der Waals surface area (Å²) in [6.45, 7) is 2.23. The van der Waals surface area contributed by atoms with Crippen LogP contribution in [0.1, 0.15) is 12.5 Å².